The molecule has 2 rings (SSSR count). The molecule has 8 heteroatoms. The number of thiophene rings is 1. The van der Waals surface area contributed by atoms with E-state index in [0.717, 1.165) is 13.1 Å². The summed E-state index contributed by atoms with van der Waals surface area (Å²) in [5, 5.41) is 10.5. The lowest BCUT2D eigenvalue weighted by Crippen LogP contribution is -2.37. The molecule has 0 bridgehead atoms. The van der Waals surface area contributed by atoms with Crippen molar-refractivity contribution in [1.82, 2.24) is 0 Å². The molecule has 18 heavy (non-hydrogen) atoms. The highest BCUT2D eigenvalue weighted by Crippen LogP contribution is 2.46. The van der Waals surface area contributed by atoms with Gasteiger partial charge in [-0.05, 0) is 44.3 Å². The van der Waals surface area contributed by atoms with Gasteiger partial charge in [0.2, 0.25) is 0 Å². The first-order chi connectivity index (χ1) is 8.30. The Bertz CT molecular complexity index is 538. The van der Waals surface area contributed by atoms with E-state index in [4.69, 9.17) is 5.73 Å². The largest absolute Gasteiger partial charge is 0.387 e. The van der Waals surface area contributed by atoms with E-state index < -0.39 is 21.4 Å². The van der Waals surface area contributed by atoms with Crippen LogP contribution in [0.25, 0.3) is 0 Å². The summed E-state index contributed by atoms with van der Waals surface area (Å²) in [6.45, 7) is 0.167. The van der Waals surface area contributed by atoms with Crippen molar-refractivity contribution in [2.75, 3.05) is 18.1 Å². The fraction of sp³-hybridized carbons (Fsp3) is 0.600. The van der Waals surface area contributed by atoms with Crippen LogP contribution in [-0.4, -0.2) is 31.6 Å². The molecule has 102 valence electrons. The molecule has 1 aliphatic rings. The fourth-order valence-corrected chi connectivity index (χ4v) is 6.60. The van der Waals surface area contributed by atoms with E-state index in [0.29, 0.717) is 6.42 Å². The first-order valence-corrected chi connectivity index (χ1v) is 9.55. The predicted octanol–water partition coefficient (Wildman–Crippen LogP) is 2.07. The number of hydrogen-bond donors (Lipinski definition) is 2. The lowest BCUT2D eigenvalue weighted by atomic mass is 9.81. The van der Waals surface area contributed by atoms with Crippen molar-refractivity contribution >= 4 is 53.0 Å². The number of rotatable bonds is 3. The third-order valence-electron chi connectivity index (χ3n) is 3.34. The van der Waals surface area contributed by atoms with Crippen LogP contribution in [0.3, 0.4) is 0 Å². The minimum Gasteiger partial charge on any atom is -0.387 e. The summed E-state index contributed by atoms with van der Waals surface area (Å²) in [5.41, 5.74) is 4.98. The molecule has 0 aromatic carbocycles. The van der Waals surface area contributed by atoms with Gasteiger partial charge in [0.15, 0.2) is 9.84 Å². The minimum atomic E-state index is -3.08. The Morgan fingerprint density at radius 2 is 2.22 bits per heavy atom. The zero-order chi connectivity index (χ0) is 13.6. The summed E-state index contributed by atoms with van der Waals surface area (Å²) in [4.78, 5) is 0.733. The van der Waals surface area contributed by atoms with Crippen LogP contribution in [0.5, 0.6) is 0 Å². The quantitative estimate of drug-likeness (QED) is 0.787. The van der Waals surface area contributed by atoms with Crippen LogP contribution < -0.4 is 5.73 Å². The van der Waals surface area contributed by atoms with Gasteiger partial charge in [0, 0.05) is 21.3 Å². The first-order valence-electron chi connectivity index (χ1n) is 5.33. The molecule has 1 aliphatic heterocycles. The van der Waals surface area contributed by atoms with Gasteiger partial charge in [0.25, 0.3) is 0 Å². The topological polar surface area (TPSA) is 80.4 Å². The Balaban J connectivity index is 2.34. The molecule has 1 saturated heterocycles. The fourth-order valence-electron chi connectivity index (χ4n) is 2.23. The van der Waals surface area contributed by atoms with E-state index in [1.165, 1.54) is 11.3 Å². The molecule has 1 aromatic heterocycles. The second kappa shape index (κ2) is 5.14. The Hall–Kier alpha value is 0.530. The summed E-state index contributed by atoms with van der Waals surface area (Å²) in [6, 6.07) is 1.81. The van der Waals surface area contributed by atoms with Gasteiger partial charge >= 0.3 is 0 Å². The normalized spacial score (nSPS) is 28.4. The van der Waals surface area contributed by atoms with E-state index in [1.54, 1.807) is 0 Å². The molecule has 2 unspecified atom stereocenters. The number of aliphatic hydroxyl groups excluding tert-OH is 1. The van der Waals surface area contributed by atoms with Gasteiger partial charge in [-0.3, -0.25) is 0 Å². The standard InChI is InChI=1S/C10H13Br2NO3S2/c11-6-3-7(17-9(6)12)8(14)10(4-13)1-2-18(15,16)5-10/h3,8,14H,1-2,4-5,13H2. The number of sulfone groups is 1. The van der Waals surface area contributed by atoms with Gasteiger partial charge in [-0.25, -0.2) is 8.42 Å². The van der Waals surface area contributed by atoms with E-state index in [9.17, 15) is 13.5 Å². The molecule has 0 radical (unpaired) electrons. The highest BCUT2D eigenvalue weighted by atomic mass is 79.9. The van der Waals surface area contributed by atoms with Crippen LogP contribution in [0.15, 0.2) is 14.3 Å². The van der Waals surface area contributed by atoms with E-state index >= 15 is 0 Å². The molecule has 3 N–H and O–H groups in total. The summed E-state index contributed by atoms with van der Waals surface area (Å²) in [5.74, 6) is 0.0692. The molecule has 0 amide bonds. The van der Waals surface area contributed by atoms with Crippen LogP contribution in [0.4, 0.5) is 0 Å². The Morgan fingerprint density at radius 3 is 2.61 bits per heavy atom. The van der Waals surface area contributed by atoms with Gasteiger partial charge in [0.1, 0.15) is 0 Å². The zero-order valence-electron chi connectivity index (χ0n) is 9.40. The Kier molecular flexibility index (Phi) is 4.26. The molecule has 4 nitrogen and oxygen atoms in total. The highest BCUT2D eigenvalue weighted by molar-refractivity contribution is 9.13. The summed E-state index contributed by atoms with van der Waals surface area (Å²) in [7, 11) is -3.08. The Morgan fingerprint density at radius 1 is 1.56 bits per heavy atom. The van der Waals surface area contributed by atoms with Gasteiger partial charge in [-0.2, -0.15) is 0 Å². The lowest BCUT2D eigenvalue weighted by molar-refractivity contribution is 0.0501. The van der Waals surface area contributed by atoms with E-state index in [1.807, 2.05) is 6.07 Å². The Labute approximate surface area is 127 Å². The number of halogens is 2. The minimum absolute atomic E-state index is 0.0369. The summed E-state index contributed by atoms with van der Waals surface area (Å²) < 4.78 is 25.0. The van der Waals surface area contributed by atoms with Gasteiger partial charge in [-0.15, -0.1) is 11.3 Å². The SMILES string of the molecule is NCC1(C(O)c2cc(Br)c(Br)s2)CCS(=O)(=O)C1. The highest BCUT2D eigenvalue weighted by Gasteiger charge is 2.47. The third-order valence-corrected chi connectivity index (χ3v) is 8.49. The van der Waals surface area contributed by atoms with E-state index in [2.05, 4.69) is 31.9 Å². The van der Waals surface area contributed by atoms with Crippen molar-refractivity contribution in [2.45, 2.75) is 12.5 Å². The molecule has 1 aromatic rings. The van der Waals surface area contributed by atoms with Crippen LogP contribution in [0.2, 0.25) is 0 Å². The molecule has 2 heterocycles. The predicted molar refractivity (Wildman–Crippen MR) is 79.4 cm³/mol. The van der Waals surface area contributed by atoms with Crippen molar-refractivity contribution in [2.24, 2.45) is 11.1 Å². The molecule has 0 aliphatic carbocycles. The van der Waals surface area contributed by atoms with Crippen molar-refractivity contribution in [1.29, 1.82) is 0 Å². The van der Waals surface area contributed by atoms with Crippen LogP contribution >= 0.6 is 43.2 Å². The second-order valence-corrected chi connectivity index (χ2v) is 10.0. The third kappa shape index (κ3) is 2.69. The maximum atomic E-state index is 11.6. The summed E-state index contributed by atoms with van der Waals surface area (Å²) in [6.07, 6.45) is -0.424. The molecular formula is C10H13Br2NO3S2. The average Bonchev–Trinajstić information content (AvgIpc) is 2.80. The maximum Gasteiger partial charge on any atom is 0.151 e. The summed E-state index contributed by atoms with van der Waals surface area (Å²) >= 11 is 8.12. The number of hydrogen-bond acceptors (Lipinski definition) is 5. The van der Waals surface area contributed by atoms with Crippen LogP contribution in [0, 0.1) is 5.41 Å². The average molecular weight is 419 g/mol. The zero-order valence-corrected chi connectivity index (χ0v) is 14.2. The molecule has 0 saturated carbocycles. The monoisotopic (exact) mass is 417 g/mol. The molecular weight excluding hydrogens is 406 g/mol. The molecule has 1 fully saturated rings. The van der Waals surface area contributed by atoms with Gasteiger partial charge < -0.3 is 10.8 Å². The van der Waals surface area contributed by atoms with Gasteiger partial charge in [0.05, 0.1) is 21.4 Å². The van der Waals surface area contributed by atoms with Crippen LogP contribution in [-0.2, 0) is 9.84 Å². The van der Waals surface area contributed by atoms with Crippen LogP contribution in [0.1, 0.15) is 17.4 Å². The number of aliphatic hydroxyl groups is 1. The van der Waals surface area contributed by atoms with Crippen molar-refractivity contribution in [3.8, 4) is 0 Å². The molecule has 2 atom stereocenters. The first kappa shape index (κ1) is 14.9. The second-order valence-electron chi connectivity index (χ2n) is 4.58. The smallest absolute Gasteiger partial charge is 0.151 e. The molecule has 0 spiro atoms. The lowest BCUT2D eigenvalue weighted by Gasteiger charge is -2.30. The van der Waals surface area contributed by atoms with Crippen molar-refractivity contribution in [3.05, 3.63) is 19.2 Å². The number of nitrogens with two attached hydrogens (primary N) is 1. The van der Waals surface area contributed by atoms with Crippen molar-refractivity contribution in [3.63, 3.8) is 0 Å². The van der Waals surface area contributed by atoms with Gasteiger partial charge in [-0.1, -0.05) is 0 Å². The van der Waals surface area contributed by atoms with E-state index in [-0.39, 0.29) is 18.1 Å². The maximum absolute atomic E-state index is 11.6. The van der Waals surface area contributed by atoms with Crippen molar-refractivity contribution < 1.29 is 13.5 Å².